The maximum absolute atomic E-state index is 5.23. The van der Waals surface area contributed by atoms with Gasteiger partial charge in [0.2, 0.25) is 0 Å². The lowest BCUT2D eigenvalue weighted by atomic mass is 10.2. The zero-order chi connectivity index (χ0) is 15.5. The van der Waals surface area contributed by atoms with Crippen LogP contribution in [-0.4, -0.2) is 51.7 Å². The number of hydrogen-bond donors (Lipinski definition) is 2. The molecule has 0 fully saturated rings. The molecule has 21 heavy (non-hydrogen) atoms. The van der Waals surface area contributed by atoms with Gasteiger partial charge in [0.1, 0.15) is 5.75 Å². The van der Waals surface area contributed by atoms with Crippen molar-refractivity contribution in [1.82, 2.24) is 15.5 Å². The summed E-state index contributed by atoms with van der Waals surface area (Å²) in [6, 6.07) is 8.00. The Morgan fingerprint density at radius 2 is 2.10 bits per heavy atom. The van der Waals surface area contributed by atoms with E-state index >= 15 is 0 Å². The van der Waals surface area contributed by atoms with Crippen molar-refractivity contribution < 1.29 is 4.74 Å². The van der Waals surface area contributed by atoms with Crippen molar-refractivity contribution in [3.8, 4) is 5.75 Å². The minimum atomic E-state index is 0.639. The summed E-state index contributed by atoms with van der Waals surface area (Å²) < 4.78 is 5.23. The SMILES string of the molecule is CCNC(=NCc1cccc(OC)c1)NCCCN(C)C. The Kier molecular flexibility index (Phi) is 8.28. The van der Waals surface area contributed by atoms with E-state index in [1.165, 1.54) is 0 Å². The van der Waals surface area contributed by atoms with Crippen molar-refractivity contribution in [2.24, 2.45) is 4.99 Å². The lowest BCUT2D eigenvalue weighted by Gasteiger charge is -2.13. The van der Waals surface area contributed by atoms with Gasteiger partial charge in [-0.2, -0.15) is 0 Å². The smallest absolute Gasteiger partial charge is 0.191 e. The number of benzene rings is 1. The first kappa shape index (κ1) is 17.3. The first-order valence-corrected chi connectivity index (χ1v) is 7.45. The van der Waals surface area contributed by atoms with Gasteiger partial charge < -0.3 is 20.3 Å². The number of ether oxygens (including phenoxy) is 1. The molecule has 0 amide bonds. The molecule has 118 valence electrons. The fourth-order valence-corrected chi connectivity index (χ4v) is 1.88. The molecule has 1 aromatic carbocycles. The predicted molar refractivity (Wildman–Crippen MR) is 89.0 cm³/mol. The average Bonchev–Trinajstić information content (AvgIpc) is 2.49. The molecule has 0 saturated carbocycles. The first-order valence-electron chi connectivity index (χ1n) is 7.45. The van der Waals surface area contributed by atoms with Crippen LogP contribution in [-0.2, 0) is 6.54 Å². The quantitative estimate of drug-likeness (QED) is 0.435. The highest BCUT2D eigenvalue weighted by Gasteiger charge is 1.99. The van der Waals surface area contributed by atoms with E-state index in [9.17, 15) is 0 Å². The van der Waals surface area contributed by atoms with Crippen molar-refractivity contribution in [3.05, 3.63) is 29.8 Å². The Balaban J connectivity index is 2.50. The zero-order valence-corrected chi connectivity index (χ0v) is 13.6. The summed E-state index contributed by atoms with van der Waals surface area (Å²) in [6.45, 7) is 5.56. The molecule has 0 saturated heterocycles. The van der Waals surface area contributed by atoms with E-state index in [0.717, 1.165) is 43.3 Å². The van der Waals surface area contributed by atoms with Crippen LogP contribution in [0.5, 0.6) is 5.75 Å². The molecule has 0 radical (unpaired) electrons. The summed E-state index contributed by atoms with van der Waals surface area (Å²) in [6.07, 6.45) is 1.09. The first-order chi connectivity index (χ1) is 10.2. The molecule has 0 spiro atoms. The fourth-order valence-electron chi connectivity index (χ4n) is 1.88. The molecule has 5 heteroatoms. The molecule has 0 bridgehead atoms. The van der Waals surface area contributed by atoms with Gasteiger partial charge in [0.15, 0.2) is 5.96 Å². The minimum Gasteiger partial charge on any atom is -0.497 e. The molecule has 0 aliphatic rings. The minimum absolute atomic E-state index is 0.639. The summed E-state index contributed by atoms with van der Waals surface area (Å²) in [5, 5.41) is 6.62. The largest absolute Gasteiger partial charge is 0.497 e. The van der Waals surface area contributed by atoms with E-state index in [1.807, 2.05) is 18.2 Å². The average molecular weight is 292 g/mol. The second kappa shape index (κ2) is 10.0. The molecule has 0 heterocycles. The van der Waals surface area contributed by atoms with E-state index in [2.05, 4.69) is 47.6 Å². The Hall–Kier alpha value is -1.75. The Bertz CT molecular complexity index is 432. The van der Waals surface area contributed by atoms with E-state index in [0.29, 0.717) is 6.54 Å². The van der Waals surface area contributed by atoms with Gasteiger partial charge in [0, 0.05) is 13.1 Å². The van der Waals surface area contributed by atoms with Crippen LogP contribution in [0.2, 0.25) is 0 Å². The number of methoxy groups -OCH3 is 1. The number of nitrogens with one attached hydrogen (secondary N) is 2. The van der Waals surface area contributed by atoms with Gasteiger partial charge in [-0.05, 0) is 51.7 Å². The van der Waals surface area contributed by atoms with Crippen LogP contribution in [0.1, 0.15) is 18.9 Å². The highest BCUT2D eigenvalue weighted by Crippen LogP contribution is 2.12. The summed E-state index contributed by atoms with van der Waals surface area (Å²) in [5.74, 6) is 1.73. The van der Waals surface area contributed by atoms with E-state index < -0.39 is 0 Å². The monoisotopic (exact) mass is 292 g/mol. The molecular weight excluding hydrogens is 264 g/mol. The van der Waals surface area contributed by atoms with E-state index in [1.54, 1.807) is 7.11 Å². The maximum atomic E-state index is 5.23. The molecule has 0 aliphatic heterocycles. The fraction of sp³-hybridized carbons (Fsp3) is 0.562. The molecule has 5 nitrogen and oxygen atoms in total. The van der Waals surface area contributed by atoms with Gasteiger partial charge >= 0.3 is 0 Å². The Morgan fingerprint density at radius 1 is 1.29 bits per heavy atom. The van der Waals surface area contributed by atoms with Crippen molar-refractivity contribution in [2.45, 2.75) is 19.9 Å². The van der Waals surface area contributed by atoms with Crippen LogP contribution >= 0.6 is 0 Å². The van der Waals surface area contributed by atoms with Crippen molar-refractivity contribution >= 4 is 5.96 Å². The standard InChI is InChI=1S/C16H28N4O/c1-5-17-16(18-10-7-11-20(2)3)19-13-14-8-6-9-15(12-14)21-4/h6,8-9,12H,5,7,10-11,13H2,1-4H3,(H2,17,18,19). The lowest BCUT2D eigenvalue weighted by molar-refractivity contribution is 0.399. The third kappa shape index (κ3) is 7.56. The second-order valence-corrected chi connectivity index (χ2v) is 5.13. The number of rotatable bonds is 8. The Labute approximate surface area is 128 Å². The second-order valence-electron chi connectivity index (χ2n) is 5.13. The predicted octanol–water partition coefficient (Wildman–Crippen LogP) is 1.70. The summed E-state index contributed by atoms with van der Waals surface area (Å²) in [4.78, 5) is 6.78. The van der Waals surface area contributed by atoms with Gasteiger partial charge in [-0.1, -0.05) is 12.1 Å². The molecule has 1 aromatic rings. The summed E-state index contributed by atoms with van der Waals surface area (Å²) in [7, 11) is 5.85. The van der Waals surface area contributed by atoms with Gasteiger partial charge in [-0.25, -0.2) is 4.99 Å². The van der Waals surface area contributed by atoms with E-state index in [-0.39, 0.29) is 0 Å². The van der Waals surface area contributed by atoms with Gasteiger partial charge in [-0.15, -0.1) is 0 Å². The molecule has 1 rings (SSSR count). The summed E-state index contributed by atoms with van der Waals surface area (Å²) >= 11 is 0. The van der Waals surface area contributed by atoms with Crippen molar-refractivity contribution in [2.75, 3.05) is 40.8 Å². The highest BCUT2D eigenvalue weighted by molar-refractivity contribution is 5.79. The third-order valence-electron chi connectivity index (χ3n) is 2.97. The van der Waals surface area contributed by atoms with Crippen LogP contribution in [0.3, 0.4) is 0 Å². The summed E-state index contributed by atoms with van der Waals surface area (Å²) in [5.41, 5.74) is 1.14. The third-order valence-corrected chi connectivity index (χ3v) is 2.97. The maximum Gasteiger partial charge on any atom is 0.191 e. The number of aliphatic imine (C=N–C) groups is 1. The van der Waals surface area contributed by atoms with Crippen LogP contribution in [0.25, 0.3) is 0 Å². The van der Waals surface area contributed by atoms with Crippen molar-refractivity contribution in [1.29, 1.82) is 0 Å². The van der Waals surface area contributed by atoms with E-state index in [4.69, 9.17) is 4.74 Å². The van der Waals surface area contributed by atoms with Gasteiger partial charge in [-0.3, -0.25) is 0 Å². The zero-order valence-electron chi connectivity index (χ0n) is 13.6. The van der Waals surface area contributed by atoms with Crippen LogP contribution in [0, 0.1) is 0 Å². The molecule has 0 atom stereocenters. The van der Waals surface area contributed by atoms with Crippen LogP contribution in [0.4, 0.5) is 0 Å². The topological polar surface area (TPSA) is 48.9 Å². The molecule has 2 N–H and O–H groups in total. The van der Waals surface area contributed by atoms with Crippen LogP contribution in [0.15, 0.2) is 29.3 Å². The highest BCUT2D eigenvalue weighted by atomic mass is 16.5. The lowest BCUT2D eigenvalue weighted by Crippen LogP contribution is -2.38. The normalized spacial score (nSPS) is 11.6. The molecule has 0 unspecified atom stereocenters. The molecular formula is C16H28N4O. The van der Waals surface area contributed by atoms with Gasteiger partial charge in [0.25, 0.3) is 0 Å². The van der Waals surface area contributed by atoms with Crippen LogP contribution < -0.4 is 15.4 Å². The Morgan fingerprint density at radius 3 is 2.76 bits per heavy atom. The van der Waals surface area contributed by atoms with Gasteiger partial charge in [0.05, 0.1) is 13.7 Å². The van der Waals surface area contributed by atoms with Crippen molar-refractivity contribution in [3.63, 3.8) is 0 Å². The molecule has 0 aliphatic carbocycles. The number of nitrogens with zero attached hydrogens (tertiary/aromatic N) is 2. The number of guanidine groups is 1. The molecule has 0 aromatic heterocycles. The number of hydrogen-bond acceptors (Lipinski definition) is 3.